The molecule has 0 saturated carbocycles. The van der Waals surface area contributed by atoms with E-state index < -0.39 is 24.0 Å². The number of carbonyl (C=O) groups excluding carboxylic acids is 2. The third-order valence-corrected chi connectivity index (χ3v) is 6.16. The highest BCUT2D eigenvalue weighted by atomic mass is 35.5. The molecule has 0 aliphatic rings. The summed E-state index contributed by atoms with van der Waals surface area (Å²) in [6.45, 7) is 6.25. The lowest BCUT2D eigenvalue weighted by atomic mass is 10.1. The molecule has 0 fully saturated rings. The fourth-order valence-corrected chi connectivity index (χ4v) is 4.00. The van der Waals surface area contributed by atoms with Crippen LogP contribution in [0.1, 0.15) is 31.9 Å². The van der Waals surface area contributed by atoms with E-state index >= 15 is 0 Å². The largest absolute Gasteiger partial charge is 0.493 e. The van der Waals surface area contributed by atoms with E-state index in [0.29, 0.717) is 40.4 Å². The summed E-state index contributed by atoms with van der Waals surface area (Å²) in [7, 11) is 1.56. The van der Waals surface area contributed by atoms with Crippen LogP contribution in [0.4, 0.5) is 0 Å². The van der Waals surface area contributed by atoms with Crippen molar-refractivity contribution in [3.63, 3.8) is 0 Å². The summed E-state index contributed by atoms with van der Waals surface area (Å²) in [4.78, 5) is 26.1. The second-order valence-electron chi connectivity index (χ2n) is 9.44. The van der Waals surface area contributed by atoms with Crippen LogP contribution in [0.2, 0.25) is 10.0 Å². The van der Waals surface area contributed by atoms with Crippen molar-refractivity contribution in [2.45, 2.75) is 39.3 Å². The maximum absolute atomic E-state index is 13.1. The maximum atomic E-state index is 13.1. The summed E-state index contributed by atoms with van der Waals surface area (Å²) in [6.07, 6.45) is 0.803. The SMILES string of the molecule is COc1cc(/C=N\NC(=O)[C@@H](Cc2ccccc2)NC(=O)[C@H](C)Oc2ccc(Cl)cc2Cl)ccc1OCC(C)C. The van der Waals surface area contributed by atoms with E-state index in [1.807, 2.05) is 30.3 Å². The summed E-state index contributed by atoms with van der Waals surface area (Å²) in [5, 5.41) is 7.57. The van der Waals surface area contributed by atoms with Gasteiger partial charge in [0.1, 0.15) is 11.8 Å². The quantitative estimate of drug-likeness (QED) is 0.198. The van der Waals surface area contributed by atoms with Gasteiger partial charge in [-0.2, -0.15) is 5.10 Å². The van der Waals surface area contributed by atoms with Crippen LogP contribution in [-0.4, -0.2) is 43.9 Å². The van der Waals surface area contributed by atoms with E-state index in [-0.39, 0.29) is 11.4 Å². The molecule has 3 rings (SSSR count). The van der Waals surface area contributed by atoms with Crippen molar-refractivity contribution < 1.29 is 23.8 Å². The maximum Gasteiger partial charge on any atom is 0.262 e. The topological polar surface area (TPSA) is 98.2 Å². The van der Waals surface area contributed by atoms with Crippen molar-refractivity contribution in [2.75, 3.05) is 13.7 Å². The Bertz CT molecular complexity index is 1320. The molecule has 2 atom stereocenters. The Labute approximate surface area is 244 Å². The van der Waals surface area contributed by atoms with Crippen LogP contribution in [0.15, 0.2) is 71.8 Å². The molecule has 3 aromatic carbocycles. The molecule has 40 heavy (non-hydrogen) atoms. The lowest BCUT2D eigenvalue weighted by Crippen LogP contribution is -2.50. The van der Waals surface area contributed by atoms with Gasteiger partial charge < -0.3 is 19.5 Å². The lowest BCUT2D eigenvalue weighted by molar-refractivity contribution is -0.132. The number of carbonyl (C=O) groups is 2. The predicted octanol–water partition coefficient (Wildman–Crippen LogP) is 5.68. The second-order valence-corrected chi connectivity index (χ2v) is 10.3. The van der Waals surface area contributed by atoms with E-state index in [0.717, 1.165) is 5.56 Å². The Morgan fingerprint density at radius 2 is 1.65 bits per heavy atom. The van der Waals surface area contributed by atoms with Crippen molar-refractivity contribution in [3.8, 4) is 17.2 Å². The molecule has 0 saturated heterocycles. The highest BCUT2D eigenvalue weighted by Crippen LogP contribution is 2.29. The van der Waals surface area contributed by atoms with Crippen LogP contribution in [0, 0.1) is 5.92 Å². The van der Waals surface area contributed by atoms with E-state index in [1.165, 1.54) is 12.3 Å². The van der Waals surface area contributed by atoms with Gasteiger partial charge >= 0.3 is 0 Å². The van der Waals surface area contributed by atoms with Gasteiger partial charge in [0.15, 0.2) is 17.6 Å². The first-order valence-corrected chi connectivity index (χ1v) is 13.5. The van der Waals surface area contributed by atoms with E-state index in [4.69, 9.17) is 37.4 Å². The molecule has 0 aliphatic carbocycles. The Balaban J connectivity index is 1.68. The molecule has 0 radical (unpaired) electrons. The minimum absolute atomic E-state index is 0.248. The van der Waals surface area contributed by atoms with Gasteiger partial charge in [0.25, 0.3) is 11.8 Å². The van der Waals surface area contributed by atoms with Gasteiger partial charge in [0.05, 0.1) is 25.0 Å². The van der Waals surface area contributed by atoms with Gasteiger partial charge in [-0.15, -0.1) is 0 Å². The first kappa shape index (κ1) is 30.8. The first-order valence-electron chi connectivity index (χ1n) is 12.8. The Kier molecular flexibility index (Phi) is 11.7. The van der Waals surface area contributed by atoms with E-state index in [9.17, 15) is 9.59 Å². The molecule has 0 aliphatic heterocycles. The minimum Gasteiger partial charge on any atom is -0.493 e. The lowest BCUT2D eigenvalue weighted by Gasteiger charge is -2.21. The number of hydrogen-bond acceptors (Lipinski definition) is 6. The molecular formula is C30H33Cl2N3O5. The number of ether oxygens (including phenoxy) is 3. The molecule has 0 spiro atoms. The van der Waals surface area contributed by atoms with Gasteiger partial charge in [-0.3, -0.25) is 9.59 Å². The second kappa shape index (κ2) is 15.1. The van der Waals surface area contributed by atoms with Gasteiger partial charge in [-0.1, -0.05) is 67.4 Å². The number of hydrogen-bond donors (Lipinski definition) is 2. The zero-order valence-corrected chi connectivity index (χ0v) is 24.3. The van der Waals surface area contributed by atoms with E-state index in [1.54, 1.807) is 44.4 Å². The normalized spacial score (nSPS) is 12.6. The predicted molar refractivity (Wildman–Crippen MR) is 158 cm³/mol. The zero-order valence-electron chi connectivity index (χ0n) is 22.8. The van der Waals surface area contributed by atoms with Gasteiger partial charge in [-0.05, 0) is 60.4 Å². The number of methoxy groups -OCH3 is 1. The van der Waals surface area contributed by atoms with Crippen LogP contribution in [0.25, 0.3) is 0 Å². The fourth-order valence-electron chi connectivity index (χ4n) is 3.55. The van der Waals surface area contributed by atoms with Gasteiger partial charge in [0, 0.05) is 11.4 Å². The molecule has 0 unspecified atom stereocenters. The van der Waals surface area contributed by atoms with Gasteiger partial charge in [-0.25, -0.2) is 5.43 Å². The van der Waals surface area contributed by atoms with Crippen LogP contribution in [-0.2, 0) is 16.0 Å². The van der Waals surface area contributed by atoms with Crippen molar-refractivity contribution in [1.82, 2.24) is 10.7 Å². The molecule has 3 aromatic rings. The van der Waals surface area contributed by atoms with Crippen LogP contribution in [0.5, 0.6) is 17.2 Å². The van der Waals surface area contributed by atoms with Gasteiger partial charge in [0.2, 0.25) is 0 Å². The third kappa shape index (κ3) is 9.47. The average Bonchev–Trinajstić information content (AvgIpc) is 2.93. The summed E-state index contributed by atoms with van der Waals surface area (Å²) in [6, 6.07) is 18.5. The van der Waals surface area contributed by atoms with Crippen LogP contribution >= 0.6 is 23.2 Å². The smallest absolute Gasteiger partial charge is 0.262 e. The number of amides is 2. The highest BCUT2D eigenvalue weighted by Gasteiger charge is 2.25. The monoisotopic (exact) mass is 585 g/mol. The highest BCUT2D eigenvalue weighted by molar-refractivity contribution is 6.35. The molecule has 2 N–H and O–H groups in total. The Morgan fingerprint density at radius 1 is 0.925 bits per heavy atom. The molecule has 8 nitrogen and oxygen atoms in total. The fraction of sp³-hybridized carbons (Fsp3) is 0.300. The number of nitrogens with zero attached hydrogens (tertiary/aromatic N) is 1. The standard InChI is InChI=1S/C30H33Cl2N3O5/c1-19(2)18-39-27-12-10-22(15-28(27)38-4)17-33-35-30(37)25(14-21-8-6-5-7-9-21)34-29(36)20(3)40-26-13-11-23(31)16-24(26)32/h5-13,15-17,19-20,25H,14,18H2,1-4H3,(H,34,36)(H,35,37)/b33-17-/t20-,25+/m0/s1. The van der Waals surface area contributed by atoms with Crippen LogP contribution in [0.3, 0.4) is 0 Å². The Morgan fingerprint density at radius 3 is 2.33 bits per heavy atom. The third-order valence-electron chi connectivity index (χ3n) is 5.63. The summed E-state index contributed by atoms with van der Waals surface area (Å²) in [5.74, 6) is 0.870. The van der Waals surface area contributed by atoms with Crippen molar-refractivity contribution in [1.29, 1.82) is 0 Å². The minimum atomic E-state index is -0.933. The molecule has 0 heterocycles. The molecule has 212 valence electrons. The summed E-state index contributed by atoms with van der Waals surface area (Å²) >= 11 is 12.1. The summed E-state index contributed by atoms with van der Waals surface area (Å²) in [5.41, 5.74) is 4.08. The van der Waals surface area contributed by atoms with Crippen molar-refractivity contribution in [2.24, 2.45) is 11.0 Å². The molecular weight excluding hydrogens is 553 g/mol. The molecule has 0 aromatic heterocycles. The summed E-state index contributed by atoms with van der Waals surface area (Å²) < 4.78 is 16.9. The van der Waals surface area contributed by atoms with E-state index in [2.05, 4.69) is 29.7 Å². The number of hydrazone groups is 1. The molecule has 10 heteroatoms. The number of halogens is 2. The number of rotatable bonds is 13. The first-order chi connectivity index (χ1) is 19.2. The number of nitrogens with one attached hydrogen (secondary N) is 2. The number of benzene rings is 3. The molecule has 0 bridgehead atoms. The molecule has 2 amide bonds. The zero-order chi connectivity index (χ0) is 29.1. The average molecular weight is 587 g/mol. The van der Waals surface area contributed by atoms with Crippen molar-refractivity contribution >= 4 is 41.2 Å². The van der Waals surface area contributed by atoms with Crippen molar-refractivity contribution in [3.05, 3.63) is 87.9 Å². The van der Waals surface area contributed by atoms with Crippen LogP contribution < -0.4 is 25.0 Å². The Hall–Kier alpha value is -3.75.